The van der Waals surface area contributed by atoms with Crippen LogP contribution in [-0.2, 0) is 6.42 Å². The van der Waals surface area contributed by atoms with Gasteiger partial charge in [-0.05, 0) is 83.0 Å². The number of pyridine rings is 1. The maximum Gasteiger partial charge on any atom is 0.0786 e. The van der Waals surface area contributed by atoms with Crippen LogP contribution in [0.5, 0.6) is 0 Å². The quantitative estimate of drug-likeness (QED) is 0.307. The summed E-state index contributed by atoms with van der Waals surface area (Å²) in [6.45, 7) is 6.76. The van der Waals surface area contributed by atoms with Crippen molar-refractivity contribution in [2.45, 2.75) is 51.9 Å². The molecule has 0 amide bonds. The molecular weight excluding hydrogens is 362 g/mol. The van der Waals surface area contributed by atoms with E-state index in [9.17, 15) is 0 Å². The van der Waals surface area contributed by atoms with Gasteiger partial charge in [0.1, 0.15) is 0 Å². The van der Waals surface area contributed by atoms with Crippen molar-refractivity contribution < 1.29 is 0 Å². The van der Waals surface area contributed by atoms with E-state index >= 15 is 0 Å². The molecule has 1 saturated carbocycles. The largest absolute Gasteiger partial charge is 0.252 e. The molecule has 3 aromatic carbocycles. The van der Waals surface area contributed by atoms with Crippen LogP contribution in [0.1, 0.15) is 66.5 Å². The van der Waals surface area contributed by atoms with Gasteiger partial charge in [-0.3, -0.25) is 4.98 Å². The number of hydrogen-bond acceptors (Lipinski definition) is 1. The number of benzene rings is 3. The van der Waals surface area contributed by atoms with Crippen molar-refractivity contribution in [3.05, 3.63) is 88.6 Å². The van der Waals surface area contributed by atoms with Crippen LogP contribution in [-0.4, -0.2) is 4.98 Å². The number of fused-ring (bicyclic) bond motifs is 4. The Morgan fingerprint density at radius 1 is 0.867 bits per heavy atom. The van der Waals surface area contributed by atoms with Crippen molar-refractivity contribution >= 4 is 10.8 Å². The summed E-state index contributed by atoms with van der Waals surface area (Å²) in [7, 11) is 0. The van der Waals surface area contributed by atoms with Gasteiger partial charge in [-0.1, -0.05) is 62.4 Å². The normalized spacial score (nSPS) is 14.9. The lowest BCUT2D eigenvalue weighted by Gasteiger charge is -2.16. The highest BCUT2D eigenvalue weighted by molar-refractivity contribution is 5.98. The molecule has 0 radical (unpaired) electrons. The first-order valence-corrected chi connectivity index (χ1v) is 11.3. The third kappa shape index (κ3) is 2.80. The van der Waals surface area contributed by atoms with E-state index in [4.69, 9.17) is 4.98 Å². The number of nitrogens with zero attached hydrogens (tertiary/aromatic N) is 1. The van der Waals surface area contributed by atoms with E-state index in [2.05, 4.69) is 81.4 Å². The summed E-state index contributed by atoms with van der Waals surface area (Å²) >= 11 is 0. The van der Waals surface area contributed by atoms with E-state index in [0.29, 0.717) is 11.8 Å². The molecule has 30 heavy (non-hydrogen) atoms. The molecule has 0 saturated heterocycles. The molecule has 6 rings (SSSR count). The Morgan fingerprint density at radius 2 is 1.67 bits per heavy atom. The van der Waals surface area contributed by atoms with Crippen LogP contribution in [0.3, 0.4) is 0 Å². The van der Waals surface area contributed by atoms with E-state index in [-0.39, 0.29) is 0 Å². The van der Waals surface area contributed by atoms with E-state index in [1.807, 2.05) is 0 Å². The Bertz CT molecular complexity index is 1300. The zero-order valence-electron chi connectivity index (χ0n) is 18.0. The van der Waals surface area contributed by atoms with Crippen LogP contribution >= 0.6 is 0 Å². The van der Waals surface area contributed by atoms with Crippen molar-refractivity contribution in [3.8, 4) is 22.4 Å². The molecule has 1 nitrogen and oxygen atoms in total. The van der Waals surface area contributed by atoms with Gasteiger partial charge in [0.15, 0.2) is 0 Å². The van der Waals surface area contributed by atoms with Crippen LogP contribution in [0.25, 0.3) is 33.2 Å². The van der Waals surface area contributed by atoms with Crippen LogP contribution < -0.4 is 0 Å². The maximum atomic E-state index is 5.29. The van der Waals surface area contributed by atoms with Gasteiger partial charge < -0.3 is 0 Å². The lowest BCUT2D eigenvalue weighted by atomic mass is 9.92. The van der Waals surface area contributed by atoms with E-state index in [0.717, 1.165) is 6.42 Å². The smallest absolute Gasteiger partial charge is 0.0786 e. The third-order valence-corrected chi connectivity index (χ3v) is 6.86. The second-order valence-electron chi connectivity index (χ2n) is 9.48. The van der Waals surface area contributed by atoms with Crippen LogP contribution in [0.4, 0.5) is 0 Å². The molecule has 1 heteroatoms. The Balaban J connectivity index is 1.63. The average Bonchev–Trinajstić information content (AvgIpc) is 3.53. The van der Waals surface area contributed by atoms with Crippen LogP contribution in [0, 0.1) is 6.92 Å². The van der Waals surface area contributed by atoms with Gasteiger partial charge in [0.05, 0.1) is 5.69 Å². The third-order valence-electron chi connectivity index (χ3n) is 6.86. The number of aromatic nitrogens is 1. The minimum absolute atomic E-state index is 0.535. The second-order valence-corrected chi connectivity index (χ2v) is 9.48. The minimum Gasteiger partial charge on any atom is -0.252 e. The first kappa shape index (κ1) is 17.9. The topological polar surface area (TPSA) is 12.9 Å². The Morgan fingerprint density at radius 3 is 2.47 bits per heavy atom. The van der Waals surface area contributed by atoms with Gasteiger partial charge in [0, 0.05) is 22.6 Å². The summed E-state index contributed by atoms with van der Waals surface area (Å²) in [5, 5.41) is 2.63. The van der Waals surface area contributed by atoms with Crippen molar-refractivity contribution in [1.29, 1.82) is 0 Å². The van der Waals surface area contributed by atoms with Gasteiger partial charge >= 0.3 is 0 Å². The lowest BCUT2D eigenvalue weighted by Crippen LogP contribution is -1.98. The molecule has 2 aliphatic rings. The Hall–Kier alpha value is -2.93. The molecule has 0 spiro atoms. The van der Waals surface area contributed by atoms with Gasteiger partial charge in [-0.15, -0.1) is 0 Å². The summed E-state index contributed by atoms with van der Waals surface area (Å²) in [6.07, 6.45) is 3.56. The SMILES string of the molecule is Cc1cc2c(c(-c3nc(C4CC4)cc4cc(C(C)C)ccc34)c1)Cc1ccccc1-2. The molecule has 0 aliphatic heterocycles. The standard InChI is InChI=1S/C29H27N/c1-17(2)20-10-11-24-22(14-20)16-28(19-8-9-19)30-29(24)27-13-18(3)12-25-23-7-5-4-6-21(23)15-26(25)27/h4-7,10-14,16-17,19H,8-9,15H2,1-3H3. The fraction of sp³-hybridized carbons (Fsp3) is 0.276. The van der Waals surface area contributed by atoms with Gasteiger partial charge in [0.25, 0.3) is 0 Å². The zero-order chi connectivity index (χ0) is 20.4. The highest BCUT2D eigenvalue weighted by atomic mass is 14.7. The average molecular weight is 390 g/mol. The van der Waals surface area contributed by atoms with Crippen molar-refractivity contribution in [2.24, 2.45) is 0 Å². The summed E-state index contributed by atoms with van der Waals surface area (Å²) in [5.41, 5.74) is 12.2. The van der Waals surface area contributed by atoms with Crippen molar-refractivity contribution in [1.82, 2.24) is 4.98 Å². The van der Waals surface area contributed by atoms with E-state index < -0.39 is 0 Å². The van der Waals surface area contributed by atoms with Crippen molar-refractivity contribution in [2.75, 3.05) is 0 Å². The molecule has 4 aromatic rings. The first-order chi connectivity index (χ1) is 14.6. The Kier molecular flexibility index (Phi) is 3.90. The Labute approximate surface area is 178 Å². The predicted octanol–water partition coefficient (Wildman–Crippen LogP) is 7.78. The summed E-state index contributed by atoms with van der Waals surface area (Å²) in [5.74, 6) is 1.18. The predicted molar refractivity (Wildman–Crippen MR) is 126 cm³/mol. The fourth-order valence-electron chi connectivity index (χ4n) is 5.04. The van der Waals surface area contributed by atoms with Crippen LogP contribution in [0.2, 0.25) is 0 Å². The molecule has 2 aliphatic carbocycles. The molecular formula is C29H27N. The summed E-state index contributed by atoms with van der Waals surface area (Å²) < 4.78 is 0. The highest BCUT2D eigenvalue weighted by Gasteiger charge is 2.28. The molecule has 1 fully saturated rings. The number of hydrogen-bond donors (Lipinski definition) is 0. The molecule has 148 valence electrons. The van der Waals surface area contributed by atoms with E-state index in [1.54, 1.807) is 0 Å². The molecule has 1 aromatic heterocycles. The van der Waals surface area contributed by atoms with Crippen LogP contribution in [0.15, 0.2) is 60.7 Å². The lowest BCUT2D eigenvalue weighted by molar-refractivity contribution is 0.868. The monoisotopic (exact) mass is 389 g/mol. The summed E-state index contributed by atoms with van der Waals surface area (Å²) in [6, 6.07) is 22.9. The number of rotatable bonds is 3. The molecule has 0 bridgehead atoms. The fourth-order valence-corrected chi connectivity index (χ4v) is 5.04. The zero-order valence-corrected chi connectivity index (χ0v) is 18.0. The molecule has 1 heterocycles. The molecule has 0 N–H and O–H groups in total. The van der Waals surface area contributed by atoms with Gasteiger partial charge in [-0.2, -0.15) is 0 Å². The maximum absolute atomic E-state index is 5.29. The first-order valence-electron chi connectivity index (χ1n) is 11.3. The van der Waals surface area contributed by atoms with Gasteiger partial charge in [-0.25, -0.2) is 0 Å². The molecule has 0 unspecified atom stereocenters. The highest BCUT2D eigenvalue weighted by Crippen LogP contribution is 2.45. The second kappa shape index (κ2) is 6.54. The van der Waals surface area contributed by atoms with Gasteiger partial charge in [0.2, 0.25) is 0 Å². The molecule has 0 atom stereocenters. The van der Waals surface area contributed by atoms with E-state index in [1.165, 1.54) is 73.9 Å². The minimum atomic E-state index is 0.535. The van der Waals surface area contributed by atoms with Crippen molar-refractivity contribution in [3.63, 3.8) is 0 Å². The number of aryl methyl sites for hydroxylation is 1. The summed E-state index contributed by atoms with van der Waals surface area (Å²) in [4.78, 5) is 5.29.